The van der Waals surface area contributed by atoms with E-state index in [-0.39, 0.29) is 0 Å². The number of hydrogen-bond donors (Lipinski definition) is 0. The first-order chi connectivity index (χ1) is 7.66. The van der Waals surface area contributed by atoms with Crippen LogP contribution in [0.1, 0.15) is 32.6 Å². The maximum atomic E-state index is 4.46. The molecule has 2 atom stereocenters. The van der Waals surface area contributed by atoms with E-state index in [0.29, 0.717) is 6.04 Å². The normalized spacial score (nSPS) is 25.4. The minimum atomic E-state index is 0.664. The highest BCUT2D eigenvalue weighted by molar-refractivity contribution is 9.10. The lowest BCUT2D eigenvalue weighted by Crippen LogP contribution is -2.36. The lowest BCUT2D eigenvalue weighted by atomic mass is 9.86. The molecule has 1 saturated carbocycles. The van der Waals surface area contributed by atoms with E-state index in [1.807, 2.05) is 6.20 Å². The monoisotopic (exact) mass is 282 g/mol. The van der Waals surface area contributed by atoms with Crippen molar-refractivity contribution in [1.29, 1.82) is 0 Å². The second-order valence-electron chi connectivity index (χ2n) is 4.87. The van der Waals surface area contributed by atoms with Crippen LogP contribution in [0, 0.1) is 5.92 Å². The highest BCUT2D eigenvalue weighted by Crippen LogP contribution is 2.28. The zero-order valence-electron chi connectivity index (χ0n) is 9.99. The van der Waals surface area contributed by atoms with Crippen LogP contribution in [0.15, 0.2) is 22.8 Å². The van der Waals surface area contributed by atoms with Crippen LogP contribution in [-0.4, -0.2) is 18.1 Å². The van der Waals surface area contributed by atoms with Crippen LogP contribution in [0.4, 0.5) is 5.82 Å². The van der Waals surface area contributed by atoms with Crippen LogP contribution < -0.4 is 4.90 Å². The van der Waals surface area contributed by atoms with Crippen molar-refractivity contribution in [1.82, 2.24) is 4.98 Å². The SMILES string of the molecule is CC1CCCC(N(C)c2ccc(Br)cn2)C1. The van der Waals surface area contributed by atoms with Gasteiger partial charge in [0.05, 0.1) is 0 Å². The number of aromatic nitrogens is 1. The molecule has 16 heavy (non-hydrogen) atoms. The third-order valence-corrected chi connectivity index (χ3v) is 4.00. The van der Waals surface area contributed by atoms with Gasteiger partial charge in [-0.25, -0.2) is 4.98 Å². The number of halogens is 1. The standard InChI is InChI=1S/C13H19BrN2/c1-10-4-3-5-12(8-10)16(2)13-7-6-11(14)9-15-13/h6-7,9-10,12H,3-5,8H2,1-2H3. The molecule has 1 aromatic heterocycles. The lowest BCUT2D eigenvalue weighted by Gasteiger charge is -2.34. The van der Waals surface area contributed by atoms with Gasteiger partial charge in [-0.3, -0.25) is 0 Å². The molecule has 1 aromatic rings. The fourth-order valence-corrected chi connectivity index (χ4v) is 2.75. The Bertz CT molecular complexity index is 336. The van der Waals surface area contributed by atoms with Crippen LogP contribution >= 0.6 is 15.9 Å². The Kier molecular flexibility index (Phi) is 3.85. The molecule has 1 fully saturated rings. The van der Waals surface area contributed by atoms with Crippen LogP contribution in [-0.2, 0) is 0 Å². The summed E-state index contributed by atoms with van der Waals surface area (Å²) in [5.41, 5.74) is 0. The van der Waals surface area contributed by atoms with Crippen molar-refractivity contribution in [3.05, 3.63) is 22.8 Å². The molecule has 0 aromatic carbocycles. The molecule has 2 unspecified atom stereocenters. The fourth-order valence-electron chi connectivity index (χ4n) is 2.52. The molecule has 88 valence electrons. The maximum absolute atomic E-state index is 4.46. The number of rotatable bonds is 2. The fraction of sp³-hybridized carbons (Fsp3) is 0.615. The average molecular weight is 283 g/mol. The van der Waals surface area contributed by atoms with E-state index in [1.54, 1.807) is 0 Å². The molecule has 0 radical (unpaired) electrons. The van der Waals surface area contributed by atoms with Crippen LogP contribution in [0.2, 0.25) is 0 Å². The Morgan fingerprint density at radius 2 is 2.19 bits per heavy atom. The summed E-state index contributed by atoms with van der Waals surface area (Å²) < 4.78 is 1.04. The van der Waals surface area contributed by atoms with Gasteiger partial charge in [-0.05, 0) is 46.8 Å². The molecule has 1 aliphatic rings. The van der Waals surface area contributed by atoms with E-state index in [1.165, 1.54) is 25.7 Å². The Labute approximate surface area is 106 Å². The van der Waals surface area contributed by atoms with Crippen molar-refractivity contribution < 1.29 is 0 Å². The average Bonchev–Trinajstić information content (AvgIpc) is 2.29. The lowest BCUT2D eigenvalue weighted by molar-refractivity contribution is 0.335. The van der Waals surface area contributed by atoms with Crippen molar-refractivity contribution in [2.45, 2.75) is 38.6 Å². The van der Waals surface area contributed by atoms with E-state index in [0.717, 1.165) is 16.2 Å². The van der Waals surface area contributed by atoms with Crippen molar-refractivity contribution in [3.8, 4) is 0 Å². The molecule has 0 spiro atoms. The summed E-state index contributed by atoms with van der Waals surface area (Å²) in [4.78, 5) is 6.79. The van der Waals surface area contributed by atoms with E-state index >= 15 is 0 Å². The predicted octanol–water partition coefficient (Wildman–Crippen LogP) is 3.86. The summed E-state index contributed by atoms with van der Waals surface area (Å²) in [5.74, 6) is 1.94. The van der Waals surface area contributed by atoms with E-state index in [4.69, 9.17) is 0 Å². The van der Waals surface area contributed by atoms with Gasteiger partial charge in [0.15, 0.2) is 0 Å². The number of hydrogen-bond acceptors (Lipinski definition) is 2. The highest BCUT2D eigenvalue weighted by atomic mass is 79.9. The molecular formula is C13H19BrN2. The summed E-state index contributed by atoms with van der Waals surface area (Å²) in [6, 6.07) is 4.81. The summed E-state index contributed by atoms with van der Waals surface area (Å²) in [6.45, 7) is 2.36. The Hall–Kier alpha value is -0.570. The van der Waals surface area contributed by atoms with Crippen molar-refractivity contribution in [2.24, 2.45) is 5.92 Å². The van der Waals surface area contributed by atoms with Gasteiger partial charge in [-0.1, -0.05) is 19.8 Å². The molecule has 2 nitrogen and oxygen atoms in total. The van der Waals surface area contributed by atoms with E-state index in [9.17, 15) is 0 Å². The van der Waals surface area contributed by atoms with Gasteiger partial charge in [-0.15, -0.1) is 0 Å². The molecule has 0 bridgehead atoms. The summed E-state index contributed by atoms with van der Waals surface area (Å²) in [5, 5.41) is 0. The van der Waals surface area contributed by atoms with Crippen LogP contribution in [0.25, 0.3) is 0 Å². The highest BCUT2D eigenvalue weighted by Gasteiger charge is 2.22. The maximum Gasteiger partial charge on any atom is 0.128 e. The molecule has 1 heterocycles. The second kappa shape index (κ2) is 5.17. The van der Waals surface area contributed by atoms with Gasteiger partial charge in [0, 0.05) is 23.8 Å². The third-order valence-electron chi connectivity index (χ3n) is 3.53. The second-order valence-corrected chi connectivity index (χ2v) is 5.79. The smallest absolute Gasteiger partial charge is 0.128 e. The van der Waals surface area contributed by atoms with Crippen molar-refractivity contribution in [3.63, 3.8) is 0 Å². The Balaban J connectivity index is 2.06. The molecule has 0 amide bonds. The summed E-state index contributed by atoms with van der Waals surface area (Å²) in [7, 11) is 2.17. The van der Waals surface area contributed by atoms with Gasteiger partial charge in [0.2, 0.25) is 0 Å². The molecule has 3 heteroatoms. The summed E-state index contributed by atoms with van der Waals surface area (Å²) >= 11 is 3.42. The number of pyridine rings is 1. The van der Waals surface area contributed by atoms with Crippen molar-refractivity contribution in [2.75, 3.05) is 11.9 Å². The zero-order chi connectivity index (χ0) is 11.5. The Morgan fingerprint density at radius 3 is 2.81 bits per heavy atom. The van der Waals surface area contributed by atoms with Crippen LogP contribution in [0.3, 0.4) is 0 Å². The Morgan fingerprint density at radius 1 is 1.38 bits per heavy atom. The molecule has 1 aliphatic carbocycles. The van der Waals surface area contributed by atoms with Gasteiger partial charge < -0.3 is 4.90 Å². The third kappa shape index (κ3) is 2.76. The van der Waals surface area contributed by atoms with Gasteiger partial charge in [0.25, 0.3) is 0 Å². The molecular weight excluding hydrogens is 264 g/mol. The first kappa shape index (κ1) is 11.9. The first-order valence-corrected chi connectivity index (χ1v) is 6.80. The zero-order valence-corrected chi connectivity index (χ0v) is 11.6. The molecule has 0 saturated heterocycles. The minimum Gasteiger partial charge on any atom is -0.357 e. The van der Waals surface area contributed by atoms with Gasteiger partial charge in [0.1, 0.15) is 5.82 Å². The summed E-state index contributed by atoms with van der Waals surface area (Å²) in [6.07, 6.45) is 7.22. The molecule has 0 N–H and O–H groups in total. The number of anilines is 1. The minimum absolute atomic E-state index is 0.664. The topological polar surface area (TPSA) is 16.1 Å². The first-order valence-electron chi connectivity index (χ1n) is 6.01. The van der Waals surface area contributed by atoms with E-state index in [2.05, 4.69) is 51.9 Å². The molecule has 2 rings (SSSR count). The van der Waals surface area contributed by atoms with Gasteiger partial charge >= 0.3 is 0 Å². The molecule has 0 aliphatic heterocycles. The van der Waals surface area contributed by atoms with Crippen LogP contribution in [0.5, 0.6) is 0 Å². The van der Waals surface area contributed by atoms with Crippen molar-refractivity contribution >= 4 is 21.7 Å². The predicted molar refractivity (Wildman–Crippen MR) is 71.8 cm³/mol. The largest absolute Gasteiger partial charge is 0.357 e. The van der Waals surface area contributed by atoms with Gasteiger partial charge in [-0.2, -0.15) is 0 Å². The van der Waals surface area contributed by atoms with E-state index < -0.39 is 0 Å². The quantitative estimate of drug-likeness (QED) is 0.819. The number of nitrogens with zero attached hydrogens (tertiary/aromatic N) is 2.